The van der Waals surface area contributed by atoms with Crippen LogP contribution in [0.25, 0.3) is 21.5 Å². The smallest absolute Gasteiger partial charge is 0.265 e. The third kappa shape index (κ3) is 6.00. The first-order valence-corrected chi connectivity index (χ1v) is 12.2. The van der Waals surface area contributed by atoms with Crippen molar-refractivity contribution in [3.05, 3.63) is 95.6 Å². The molecule has 4 aromatic rings. The fourth-order valence-corrected chi connectivity index (χ4v) is 3.84. The van der Waals surface area contributed by atoms with Gasteiger partial charge in [0, 0.05) is 11.1 Å². The first kappa shape index (κ1) is 22.6. The van der Waals surface area contributed by atoms with Gasteiger partial charge in [-0.15, -0.1) is 0 Å². The van der Waals surface area contributed by atoms with Crippen LogP contribution in [0.15, 0.2) is 78.9 Å². The minimum atomic E-state index is -3.51. The molecule has 4 nitrogen and oxygen atoms in total. The van der Waals surface area contributed by atoms with Crippen molar-refractivity contribution in [3.63, 3.8) is 0 Å². The third-order valence-electron chi connectivity index (χ3n) is 5.02. The van der Waals surface area contributed by atoms with E-state index in [0.717, 1.165) is 17.4 Å². The van der Waals surface area contributed by atoms with E-state index in [1.54, 1.807) is 0 Å². The highest BCUT2D eigenvalue weighted by atomic mass is 32.2. The van der Waals surface area contributed by atoms with E-state index >= 15 is 0 Å². The molecule has 0 amide bonds. The second kappa shape index (κ2) is 10.3. The molecule has 0 aliphatic rings. The molecule has 33 heavy (non-hydrogen) atoms. The van der Waals surface area contributed by atoms with Gasteiger partial charge in [-0.3, -0.25) is 4.18 Å². The van der Waals surface area contributed by atoms with Crippen LogP contribution >= 0.6 is 0 Å². The van der Waals surface area contributed by atoms with Crippen LogP contribution in [0.4, 0.5) is 0 Å². The lowest BCUT2D eigenvalue weighted by molar-refractivity contribution is 0.155. The van der Waals surface area contributed by atoms with Crippen LogP contribution in [0.3, 0.4) is 0 Å². The zero-order valence-electron chi connectivity index (χ0n) is 18.2. The van der Waals surface area contributed by atoms with Crippen molar-refractivity contribution in [2.24, 2.45) is 0 Å². The Labute approximate surface area is 194 Å². The summed E-state index contributed by atoms with van der Waals surface area (Å²) in [5.41, 5.74) is 2.62. The first-order chi connectivity index (χ1) is 16.0. The van der Waals surface area contributed by atoms with Crippen LogP contribution in [-0.2, 0) is 25.6 Å². The molecular weight excluding hydrogens is 432 g/mol. The Kier molecular flexibility index (Phi) is 7.07. The summed E-state index contributed by atoms with van der Waals surface area (Å²) in [6, 6.07) is 26.3. The minimum Gasteiger partial charge on any atom is -0.364 e. The number of hydrogen-bond acceptors (Lipinski definition) is 4. The summed E-state index contributed by atoms with van der Waals surface area (Å²) >= 11 is 0. The molecule has 0 atom stereocenters. The van der Waals surface area contributed by atoms with Crippen molar-refractivity contribution in [1.82, 2.24) is 0 Å². The standard InChI is InChI=1S/C28H22O4S/c1-33(29,30)32-19-9-15-23-11-3-2-10-22(23)14-8-18-31-21-28-26-16-6-4-12-24(26)20-25-13-5-7-17-27(25)28/h2-7,10-13,16-17,20H,18-19,21H2,1H3. The topological polar surface area (TPSA) is 52.6 Å². The molecule has 0 radical (unpaired) electrons. The van der Waals surface area contributed by atoms with Gasteiger partial charge in [0.15, 0.2) is 0 Å². The van der Waals surface area contributed by atoms with Gasteiger partial charge >= 0.3 is 0 Å². The third-order valence-corrected chi connectivity index (χ3v) is 5.57. The van der Waals surface area contributed by atoms with E-state index in [9.17, 15) is 8.42 Å². The molecule has 0 aliphatic carbocycles. The van der Waals surface area contributed by atoms with E-state index < -0.39 is 10.1 Å². The fraction of sp³-hybridized carbons (Fsp3) is 0.143. The molecule has 0 aromatic heterocycles. The average molecular weight is 455 g/mol. The molecule has 0 aliphatic heterocycles. The Morgan fingerprint density at radius 2 is 1.24 bits per heavy atom. The van der Waals surface area contributed by atoms with Crippen molar-refractivity contribution in [2.45, 2.75) is 6.61 Å². The highest BCUT2D eigenvalue weighted by molar-refractivity contribution is 7.86. The van der Waals surface area contributed by atoms with E-state index in [2.05, 4.69) is 58.2 Å². The number of rotatable bonds is 5. The maximum atomic E-state index is 11.0. The summed E-state index contributed by atoms with van der Waals surface area (Å²) in [5.74, 6) is 11.8. The van der Waals surface area contributed by atoms with Crippen molar-refractivity contribution in [3.8, 4) is 23.7 Å². The number of benzene rings is 4. The Balaban J connectivity index is 1.47. The number of ether oxygens (including phenoxy) is 1. The number of hydrogen-bond donors (Lipinski definition) is 0. The molecule has 0 saturated carbocycles. The monoisotopic (exact) mass is 454 g/mol. The average Bonchev–Trinajstić information content (AvgIpc) is 2.81. The lowest BCUT2D eigenvalue weighted by Crippen LogP contribution is -2.02. The molecule has 0 saturated heterocycles. The Bertz CT molecular complexity index is 1480. The quantitative estimate of drug-likeness (QED) is 0.187. The summed E-state index contributed by atoms with van der Waals surface area (Å²) in [6.45, 7) is 0.542. The normalized spacial score (nSPS) is 10.9. The fourth-order valence-electron chi connectivity index (χ4n) is 3.57. The molecule has 0 spiro atoms. The predicted octanol–water partition coefficient (Wildman–Crippen LogP) is 4.89. The van der Waals surface area contributed by atoms with Gasteiger partial charge in [-0.05, 0) is 45.3 Å². The van der Waals surface area contributed by atoms with Crippen LogP contribution in [0.5, 0.6) is 0 Å². The SMILES string of the molecule is CS(=O)(=O)OCC#Cc1ccccc1C#CCOCc1c2ccccc2cc2ccccc12. The van der Waals surface area contributed by atoms with Gasteiger partial charge in [-0.1, -0.05) is 84.3 Å². The molecule has 0 unspecified atom stereocenters. The second-order valence-electron chi connectivity index (χ2n) is 7.41. The van der Waals surface area contributed by atoms with E-state index in [4.69, 9.17) is 4.74 Å². The molecule has 5 heteroatoms. The van der Waals surface area contributed by atoms with Gasteiger partial charge in [-0.25, -0.2) is 0 Å². The molecule has 0 fully saturated rings. The van der Waals surface area contributed by atoms with Crippen LogP contribution in [0.1, 0.15) is 16.7 Å². The molecule has 4 aromatic carbocycles. The van der Waals surface area contributed by atoms with Gasteiger partial charge in [-0.2, -0.15) is 8.42 Å². The molecular formula is C28H22O4S. The summed E-state index contributed by atoms with van der Waals surface area (Å²) in [4.78, 5) is 0. The van der Waals surface area contributed by atoms with E-state index in [0.29, 0.717) is 12.2 Å². The van der Waals surface area contributed by atoms with Crippen LogP contribution < -0.4 is 0 Å². The first-order valence-electron chi connectivity index (χ1n) is 10.4. The summed E-state index contributed by atoms with van der Waals surface area (Å²) < 4.78 is 32.7. The highest BCUT2D eigenvalue weighted by Gasteiger charge is 2.07. The van der Waals surface area contributed by atoms with Gasteiger partial charge in [0.1, 0.15) is 13.2 Å². The van der Waals surface area contributed by atoms with Crippen molar-refractivity contribution in [2.75, 3.05) is 19.5 Å². The molecule has 0 bridgehead atoms. The van der Waals surface area contributed by atoms with E-state index in [-0.39, 0.29) is 13.2 Å². The Hall–Kier alpha value is -3.61. The van der Waals surface area contributed by atoms with Crippen molar-refractivity contribution >= 4 is 31.7 Å². The molecule has 164 valence electrons. The van der Waals surface area contributed by atoms with Gasteiger partial charge in [0.25, 0.3) is 10.1 Å². The maximum absolute atomic E-state index is 11.0. The second-order valence-corrected chi connectivity index (χ2v) is 9.05. The predicted molar refractivity (Wildman–Crippen MR) is 132 cm³/mol. The Morgan fingerprint density at radius 1 is 0.727 bits per heavy atom. The lowest BCUT2D eigenvalue weighted by Gasteiger charge is -2.11. The molecule has 0 N–H and O–H groups in total. The van der Waals surface area contributed by atoms with Crippen LogP contribution in [0, 0.1) is 23.7 Å². The minimum absolute atomic E-state index is 0.192. The lowest BCUT2D eigenvalue weighted by atomic mass is 9.97. The van der Waals surface area contributed by atoms with Crippen LogP contribution in [0.2, 0.25) is 0 Å². The Morgan fingerprint density at radius 3 is 1.82 bits per heavy atom. The largest absolute Gasteiger partial charge is 0.364 e. The van der Waals surface area contributed by atoms with Gasteiger partial charge < -0.3 is 4.74 Å². The highest BCUT2D eigenvalue weighted by Crippen LogP contribution is 2.28. The molecule has 0 heterocycles. The maximum Gasteiger partial charge on any atom is 0.265 e. The van der Waals surface area contributed by atoms with Crippen molar-refractivity contribution in [1.29, 1.82) is 0 Å². The zero-order valence-corrected chi connectivity index (χ0v) is 19.0. The molecule has 4 rings (SSSR count). The summed E-state index contributed by atoms with van der Waals surface area (Å²) in [6.07, 6.45) is 0.995. The van der Waals surface area contributed by atoms with Gasteiger partial charge in [0.05, 0.1) is 12.9 Å². The van der Waals surface area contributed by atoms with Crippen molar-refractivity contribution < 1.29 is 17.3 Å². The zero-order chi connectivity index (χ0) is 23.1. The van der Waals surface area contributed by atoms with E-state index in [1.165, 1.54) is 21.5 Å². The van der Waals surface area contributed by atoms with Gasteiger partial charge in [0.2, 0.25) is 0 Å². The van der Waals surface area contributed by atoms with E-state index in [1.807, 2.05) is 48.5 Å². The summed E-state index contributed by atoms with van der Waals surface area (Å²) in [7, 11) is -3.51. The van der Waals surface area contributed by atoms with Crippen LogP contribution in [-0.4, -0.2) is 27.9 Å². The summed E-state index contributed by atoms with van der Waals surface area (Å²) in [5, 5.41) is 4.74. The number of fused-ring (bicyclic) bond motifs is 2.